The minimum absolute atomic E-state index is 0.0999. The highest BCUT2D eigenvalue weighted by molar-refractivity contribution is 5.94. The molecule has 2 atom stereocenters. The highest BCUT2D eigenvalue weighted by Crippen LogP contribution is 2.19. The Morgan fingerprint density at radius 1 is 1.19 bits per heavy atom. The number of ether oxygens (including phenoxy) is 1. The summed E-state index contributed by atoms with van der Waals surface area (Å²) >= 11 is 0. The van der Waals surface area contributed by atoms with Crippen LogP contribution in [-0.4, -0.2) is 54.3 Å². The van der Waals surface area contributed by atoms with Crippen molar-refractivity contribution in [2.75, 3.05) is 20.7 Å². The number of nitrogens with one attached hydrogen (secondary N) is 2. The van der Waals surface area contributed by atoms with Crippen molar-refractivity contribution in [2.45, 2.75) is 38.3 Å². The van der Waals surface area contributed by atoms with Gasteiger partial charge in [-0.1, -0.05) is 18.6 Å². The Hall–Kier alpha value is -3.42. The van der Waals surface area contributed by atoms with Crippen molar-refractivity contribution in [2.24, 2.45) is 5.92 Å². The monoisotopic (exact) mass is 438 g/mol. The maximum absolute atomic E-state index is 12.8. The molecule has 2 aromatic rings. The summed E-state index contributed by atoms with van der Waals surface area (Å²) in [5.41, 5.74) is 1.45. The van der Waals surface area contributed by atoms with Crippen LogP contribution in [0, 0.1) is 5.92 Å². The van der Waals surface area contributed by atoms with Gasteiger partial charge in [0.05, 0.1) is 12.7 Å². The molecule has 0 radical (unpaired) electrons. The average molecular weight is 439 g/mol. The molecule has 0 bridgehead atoms. The SMILES string of the molecule is COc1ccc(CNC(=O)[C@@H]2CCC[C@@H](NC(=O)c3cccnc3)CN(C)C(=O)C2)cc1. The number of likely N-dealkylation sites (N-methyl/N-ethyl adjacent to an activating group) is 1. The van der Waals surface area contributed by atoms with Crippen LogP contribution in [0.25, 0.3) is 0 Å². The number of carbonyl (C=O) groups is 3. The van der Waals surface area contributed by atoms with Gasteiger partial charge in [0.25, 0.3) is 5.91 Å². The Morgan fingerprint density at radius 3 is 2.66 bits per heavy atom. The lowest BCUT2D eigenvalue weighted by Crippen LogP contribution is -2.44. The maximum atomic E-state index is 12.8. The van der Waals surface area contributed by atoms with Gasteiger partial charge >= 0.3 is 0 Å². The third-order valence-electron chi connectivity index (χ3n) is 5.70. The van der Waals surface area contributed by atoms with Gasteiger partial charge in [0.15, 0.2) is 0 Å². The second kappa shape index (κ2) is 11.3. The van der Waals surface area contributed by atoms with Gasteiger partial charge in [0.1, 0.15) is 5.75 Å². The molecule has 2 N–H and O–H groups in total. The van der Waals surface area contributed by atoms with Crippen LogP contribution < -0.4 is 15.4 Å². The fourth-order valence-corrected chi connectivity index (χ4v) is 3.79. The van der Waals surface area contributed by atoms with Crippen molar-refractivity contribution in [1.29, 1.82) is 0 Å². The summed E-state index contributed by atoms with van der Waals surface area (Å²) in [6.45, 7) is 0.804. The van der Waals surface area contributed by atoms with Crippen LogP contribution in [0.15, 0.2) is 48.8 Å². The number of carbonyl (C=O) groups excluding carboxylic acids is 3. The first kappa shape index (κ1) is 23.2. The van der Waals surface area contributed by atoms with Crippen molar-refractivity contribution in [3.8, 4) is 5.75 Å². The number of aromatic nitrogens is 1. The summed E-state index contributed by atoms with van der Waals surface area (Å²) < 4.78 is 5.15. The molecule has 0 spiro atoms. The summed E-state index contributed by atoms with van der Waals surface area (Å²) in [4.78, 5) is 43.5. The fourth-order valence-electron chi connectivity index (χ4n) is 3.79. The second-order valence-electron chi connectivity index (χ2n) is 8.08. The Morgan fingerprint density at radius 2 is 1.97 bits per heavy atom. The molecule has 1 aliphatic heterocycles. The van der Waals surface area contributed by atoms with Gasteiger partial charge in [-0.2, -0.15) is 0 Å². The molecule has 8 nitrogen and oxygen atoms in total. The van der Waals surface area contributed by atoms with E-state index in [1.165, 1.54) is 6.20 Å². The first-order valence-electron chi connectivity index (χ1n) is 10.8. The van der Waals surface area contributed by atoms with Gasteiger partial charge in [0, 0.05) is 50.9 Å². The van der Waals surface area contributed by atoms with Crippen molar-refractivity contribution >= 4 is 17.7 Å². The number of rotatable bonds is 6. The molecule has 2 heterocycles. The van der Waals surface area contributed by atoms with Crippen LogP contribution in [0.4, 0.5) is 0 Å². The normalized spacial score (nSPS) is 19.3. The summed E-state index contributed by atoms with van der Waals surface area (Å²) in [6, 6.07) is 10.7. The van der Waals surface area contributed by atoms with E-state index in [2.05, 4.69) is 15.6 Å². The molecule has 0 saturated carbocycles. The van der Waals surface area contributed by atoms with Gasteiger partial charge in [-0.15, -0.1) is 0 Å². The summed E-state index contributed by atoms with van der Waals surface area (Å²) in [5, 5.41) is 5.95. The van der Waals surface area contributed by atoms with Gasteiger partial charge in [-0.3, -0.25) is 19.4 Å². The third-order valence-corrected chi connectivity index (χ3v) is 5.70. The van der Waals surface area contributed by atoms with E-state index in [4.69, 9.17) is 4.74 Å². The van der Waals surface area contributed by atoms with E-state index in [-0.39, 0.29) is 30.2 Å². The molecule has 3 amide bonds. The van der Waals surface area contributed by atoms with Crippen molar-refractivity contribution in [1.82, 2.24) is 20.5 Å². The van der Waals surface area contributed by atoms with Crippen LogP contribution in [0.5, 0.6) is 5.75 Å². The van der Waals surface area contributed by atoms with E-state index in [0.29, 0.717) is 31.5 Å². The zero-order valence-electron chi connectivity index (χ0n) is 18.5. The zero-order chi connectivity index (χ0) is 22.9. The standard InChI is InChI=1S/C24H30N4O4/c1-28-16-20(27-24(31)19-6-4-12-25-15-19)7-3-5-18(13-22(28)29)23(30)26-14-17-8-10-21(32-2)11-9-17/h4,6,8-12,15,18,20H,3,5,7,13-14,16H2,1-2H3,(H,26,30)(H,27,31)/t18-,20-/m1/s1. The summed E-state index contributed by atoms with van der Waals surface area (Å²) in [5.74, 6) is -0.0688. The molecular formula is C24H30N4O4. The molecule has 0 aliphatic carbocycles. The van der Waals surface area contributed by atoms with Gasteiger partial charge in [0.2, 0.25) is 11.8 Å². The molecule has 170 valence electrons. The number of methoxy groups -OCH3 is 1. The van der Waals surface area contributed by atoms with Crippen LogP contribution in [0.1, 0.15) is 41.6 Å². The highest BCUT2D eigenvalue weighted by atomic mass is 16.5. The van der Waals surface area contributed by atoms with Crippen LogP contribution in [0.3, 0.4) is 0 Å². The molecule has 1 fully saturated rings. The molecule has 8 heteroatoms. The van der Waals surface area contributed by atoms with Crippen molar-refractivity contribution in [3.63, 3.8) is 0 Å². The highest BCUT2D eigenvalue weighted by Gasteiger charge is 2.27. The van der Waals surface area contributed by atoms with Crippen LogP contribution in [-0.2, 0) is 16.1 Å². The number of benzene rings is 1. The lowest BCUT2D eigenvalue weighted by molar-refractivity contribution is -0.135. The molecule has 1 aromatic heterocycles. The number of nitrogens with zero attached hydrogens (tertiary/aromatic N) is 2. The molecule has 32 heavy (non-hydrogen) atoms. The lowest BCUT2D eigenvalue weighted by Gasteiger charge is -2.24. The Bertz CT molecular complexity index is 917. The van der Waals surface area contributed by atoms with E-state index in [1.54, 1.807) is 37.4 Å². The van der Waals surface area contributed by atoms with E-state index in [1.807, 2.05) is 24.3 Å². The van der Waals surface area contributed by atoms with Crippen LogP contribution in [0.2, 0.25) is 0 Å². The van der Waals surface area contributed by atoms with Crippen molar-refractivity contribution in [3.05, 3.63) is 59.9 Å². The van der Waals surface area contributed by atoms with E-state index < -0.39 is 5.92 Å². The second-order valence-corrected chi connectivity index (χ2v) is 8.08. The van der Waals surface area contributed by atoms with E-state index in [9.17, 15) is 14.4 Å². The Kier molecular flexibility index (Phi) is 8.19. The maximum Gasteiger partial charge on any atom is 0.253 e. The van der Waals surface area contributed by atoms with Gasteiger partial charge < -0.3 is 20.3 Å². The molecular weight excluding hydrogens is 408 g/mol. The molecule has 1 saturated heterocycles. The topological polar surface area (TPSA) is 101 Å². The predicted molar refractivity (Wildman–Crippen MR) is 120 cm³/mol. The first-order valence-corrected chi connectivity index (χ1v) is 10.8. The minimum Gasteiger partial charge on any atom is -0.497 e. The third kappa shape index (κ3) is 6.54. The average Bonchev–Trinajstić information content (AvgIpc) is 2.88. The fraction of sp³-hybridized carbons (Fsp3) is 0.417. The number of hydrogen-bond acceptors (Lipinski definition) is 5. The number of pyridine rings is 1. The molecule has 3 rings (SSSR count). The van der Waals surface area contributed by atoms with Crippen molar-refractivity contribution < 1.29 is 19.1 Å². The Balaban J connectivity index is 1.56. The number of hydrogen-bond donors (Lipinski definition) is 2. The lowest BCUT2D eigenvalue weighted by atomic mass is 9.96. The van der Waals surface area contributed by atoms with E-state index in [0.717, 1.165) is 17.7 Å². The smallest absolute Gasteiger partial charge is 0.253 e. The predicted octanol–water partition coefficient (Wildman–Crippen LogP) is 2.15. The first-order chi connectivity index (χ1) is 15.5. The Labute approximate surface area is 188 Å². The molecule has 0 unspecified atom stereocenters. The quantitative estimate of drug-likeness (QED) is 0.720. The van der Waals surface area contributed by atoms with Gasteiger partial charge in [-0.05, 0) is 42.7 Å². The van der Waals surface area contributed by atoms with Gasteiger partial charge in [-0.25, -0.2) is 0 Å². The van der Waals surface area contributed by atoms with E-state index >= 15 is 0 Å². The molecule has 1 aliphatic rings. The summed E-state index contributed by atoms with van der Waals surface area (Å²) in [6.07, 6.45) is 5.30. The molecule has 1 aromatic carbocycles. The minimum atomic E-state index is -0.393. The van der Waals surface area contributed by atoms with Crippen LogP contribution >= 0.6 is 0 Å². The zero-order valence-corrected chi connectivity index (χ0v) is 18.5. The largest absolute Gasteiger partial charge is 0.497 e. The summed E-state index contributed by atoms with van der Waals surface area (Å²) in [7, 11) is 3.32. The number of amides is 3.